The van der Waals surface area contributed by atoms with E-state index in [1.165, 1.54) is 14.0 Å². The maximum Gasteiger partial charge on any atom is 0.167 e. The van der Waals surface area contributed by atoms with Crippen LogP contribution in [0.25, 0.3) is 0 Å². The van der Waals surface area contributed by atoms with Crippen LogP contribution in [0.5, 0.6) is 17.2 Å². The van der Waals surface area contributed by atoms with Crippen LogP contribution in [0.1, 0.15) is 28.4 Å². The Morgan fingerprint density at radius 1 is 1.05 bits per heavy atom. The van der Waals surface area contributed by atoms with Crippen LogP contribution in [-0.4, -0.2) is 20.0 Å². The number of methoxy groups -OCH3 is 2. The zero-order chi connectivity index (χ0) is 16.1. The highest BCUT2D eigenvalue weighted by Gasteiger charge is 2.17. The van der Waals surface area contributed by atoms with Crippen molar-refractivity contribution in [3.05, 3.63) is 53.1 Å². The molecule has 0 amide bonds. The fraction of sp³-hybridized carbons (Fsp3) is 0.278. The lowest BCUT2D eigenvalue weighted by atomic mass is 10.1. The van der Waals surface area contributed by atoms with E-state index in [2.05, 4.69) is 0 Å². The highest BCUT2D eigenvalue weighted by molar-refractivity contribution is 6.00. The Morgan fingerprint density at radius 2 is 1.77 bits per heavy atom. The fourth-order valence-electron chi connectivity index (χ4n) is 2.27. The highest BCUT2D eigenvalue weighted by Crippen LogP contribution is 2.34. The molecule has 0 spiro atoms. The molecular formula is C18H20O4. The van der Waals surface area contributed by atoms with E-state index in [9.17, 15) is 4.79 Å². The van der Waals surface area contributed by atoms with Crippen molar-refractivity contribution in [1.29, 1.82) is 0 Å². The minimum atomic E-state index is -0.112. The maximum absolute atomic E-state index is 11.9. The van der Waals surface area contributed by atoms with Gasteiger partial charge in [0.05, 0.1) is 14.2 Å². The number of Topliss-reactive ketones (excluding diaryl/α,β-unsaturated/α-hetero) is 1. The lowest BCUT2D eigenvalue weighted by Crippen LogP contribution is -2.05. The minimum absolute atomic E-state index is 0.112. The van der Waals surface area contributed by atoms with Gasteiger partial charge >= 0.3 is 0 Å². The summed E-state index contributed by atoms with van der Waals surface area (Å²) in [6.07, 6.45) is 0. The molecule has 0 atom stereocenters. The van der Waals surface area contributed by atoms with E-state index < -0.39 is 0 Å². The van der Waals surface area contributed by atoms with Gasteiger partial charge in [0.15, 0.2) is 5.78 Å². The Bertz CT molecular complexity index is 677. The van der Waals surface area contributed by atoms with Crippen molar-refractivity contribution in [1.82, 2.24) is 0 Å². The molecule has 0 radical (unpaired) electrons. The van der Waals surface area contributed by atoms with Gasteiger partial charge in [-0.05, 0) is 19.4 Å². The molecule has 0 aliphatic heterocycles. The number of benzene rings is 2. The van der Waals surface area contributed by atoms with Gasteiger partial charge in [0.1, 0.15) is 29.4 Å². The highest BCUT2D eigenvalue weighted by atomic mass is 16.5. The molecule has 0 bridgehead atoms. The van der Waals surface area contributed by atoms with Gasteiger partial charge < -0.3 is 14.2 Å². The third kappa shape index (κ3) is 3.58. The molecule has 4 heteroatoms. The number of ketones is 1. The first-order valence-electron chi connectivity index (χ1n) is 7.00. The van der Waals surface area contributed by atoms with Crippen LogP contribution in [0.4, 0.5) is 0 Å². The van der Waals surface area contributed by atoms with E-state index in [1.54, 1.807) is 19.2 Å². The lowest BCUT2D eigenvalue weighted by Gasteiger charge is -2.15. The summed E-state index contributed by atoms with van der Waals surface area (Å²) in [5, 5.41) is 0. The molecule has 116 valence electrons. The molecule has 2 aromatic carbocycles. The van der Waals surface area contributed by atoms with Gasteiger partial charge in [0.2, 0.25) is 0 Å². The van der Waals surface area contributed by atoms with Gasteiger partial charge in [-0.3, -0.25) is 4.79 Å². The SMILES string of the molecule is COc1cc(OC)c(C(C)=O)c(OCc2cccc(C)c2)c1. The van der Waals surface area contributed by atoms with Crippen molar-refractivity contribution in [2.24, 2.45) is 0 Å². The molecule has 4 nitrogen and oxygen atoms in total. The van der Waals surface area contributed by atoms with Crippen LogP contribution in [0, 0.1) is 6.92 Å². The largest absolute Gasteiger partial charge is 0.496 e. The van der Waals surface area contributed by atoms with Crippen molar-refractivity contribution >= 4 is 5.78 Å². The molecule has 0 aromatic heterocycles. The number of hydrogen-bond acceptors (Lipinski definition) is 4. The van der Waals surface area contributed by atoms with E-state index in [4.69, 9.17) is 14.2 Å². The first-order valence-corrected chi connectivity index (χ1v) is 7.00. The summed E-state index contributed by atoms with van der Waals surface area (Å²) >= 11 is 0. The predicted molar refractivity (Wildman–Crippen MR) is 85.1 cm³/mol. The van der Waals surface area contributed by atoms with E-state index in [0.29, 0.717) is 29.4 Å². The number of aryl methyl sites for hydroxylation is 1. The molecular weight excluding hydrogens is 280 g/mol. The van der Waals surface area contributed by atoms with Crippen LogP contribution in [0.15, 0.2) is 36.4 Å². The summed E-state index contributed by atoms with van der Waals surface area (Å²) in [5.74, 6) is 1.39. The summed E-state index contributed by atoms with van der Waals surface area (Å²) in [6.45, 7) is 3.89. The molecule has 0 unspecified atom stereocenters. The van der Waals surface area contributed by atoms with Crippen LogP contribution in [0.2, 0.25) is 0 Å². The standard InChI is InChI=1S/C18H20O4/c1-12-6-5-7-14(8-12)11-22-17-10-15(20-3)9-16(21-4)18(17)13(2)19/h5-10H,11H2,1-4H3. The van der Waals surface area contributed by atoms with Crippen LogP contribution in [0.3, 0.4) is 0 Å². The van der Waals surface area contributed by atoms with Gasteiger partial charge in [0.25, 0.3) is 0 Å². The molecule has 22 heavy (non-hydrogen) atoms. The van der Waals surface area contributed by atoms with Crippen LogP contribution in [-0.2, 0) is 6.61 Å². The quantitative estimate of drug-likeness (QED) is 0.761. The van der Waals surface area contributed by atoms with Crippen LogP contribution >= 0.6 is 0 Å². The number of ether oxygens (including phenoxy) is 3. The van der Waals surface area contributed by atoms with Gasteiger partial charge in [-0.1, -0.05) is 29.8 Å². The Hall–Kier alpha value is -2.49. The molecule has 0 heterocycles. The van der Waals surface area contributed by atoms with E-state index in [1.807, 2.05) is 31.2 Å². The number of carbonyl (C=O) groups excluding carboxylic acids is 1. The normalized spacial score (nSPS) is 10.2. The van der Waals surface area contributed by atoms with Gasteiger partial charge in [0, 0.05) is 12.1 Å². The number of rotatable bonds is 6. The second kappa shape index (κ2) is 6.98. The third-order valence-electron chi connectivity index (χ3n) is 3.32. The second-order valence-corrected chi connectivity index (χ2v) is 5.04. The van der Waals surface area contributed by atoms with Crippen molar-refractivity contribution < 1.29 is 19.0 Å². The molecule has 0 saturated heterocycles. The average Bonchev–Trinajstić information content (AvgIpc) is 2.51. The van der Waals surface area contributed by atoms with Crippen molar-refractivity contribution in [3.8, 4) is 17.2 Å². The average molecular weight is 300 g/mol. The van der Waals surface area contributed by atoms with E-state index in [0.717, 1.165) is 11.1 Å². The van der Waals surface area contributed by atoms with E-state index in [-0.39, 0.29) is 5.78 Å². The molecule has 2 rings (SSSR count). The predicted octanol–water partition coefficient (Wildman–Crippen LogP) is 3.79. The third-order valence-corrected chi connectivity index (χ3v) is 3.32. The summed E-state index contributed by atoms with van der Waals surface area (Å²) in [5.41, 5.74) is 2.63. The minimum Gasteiger partial charge on any atom is -0.496 e. The maximum atomic E-state index is 11.9. The summed E-state index contributed by atoms with van der Waals surface area (Å²) in [6, 6.07) is 11.4. The zero-order valence-corrected chi connectivity index (χ0v) is 13.3. The van der Waals surface area contributed by atoms with Crippen molar-refractivity contribution in [2.75, 3.05) is 14.2 Å². The summed E-state index contributed by atoms with van der Waals surface area (Å²) < 4.78 is 16.4. The molecule has 0 aliphatic rings. The van der Waals surface area contributed by atoms with Gasteiger partial charge in [-0.2, -0.15) is 0 Å². The number of carbonyl (C=O) groups is 1. The molecule has 0 N–H and O–H groups in total. The Balaban J connectivity index is 2.34. The monoisotopic (exact) mass is 300 g/mol. The zero-order valence-electron chi connectivity index (χ0n) is 13.3. The lowest BCUT2D eigenvalue weighted by molar-refractivity contribution is 0.101. The fourth-order valence-corrected chi connectivity index (χ4v) is 2.27. The number of hydrogen-bond donors (Lipinski definition) is 0. The van der Waals surface area contributed by atoms with Crippen LogP contribution < -0.4 is 14.2 Å². The Labute approximate surface area is 130 Å². The second-order valence-electron chi connectivity index (χ2n) is 5.04. The molecule has 0 saturated carbocycles. The summed E-state index contributed by atoms with van der Waals surface area (Å²) in [7, 11) is 3.08. The summed E-state index contributed by atoms with van der Waals surface area (Å²) in [4.78, 5) is 11.9. The van der Waals surface area contributed by atoms with E-state index >= 15 is 0 Å². The van der Waals surface area contributed by atoms with Gasteiger partial charge in [-0.15, -0.1) is 0 Å². The topological polar surface area (TPSA) is 44.8 Å². The van der Waals surface area contributed by atoms with Gasteiger partial charge in [-0.25, -0.2) is 0 Å². The molecule has 2 aromatic rings. The van der Waals surface area contributed by atoms with Crippen molar-refractivity contribution in [3.63, 3.8) is 0 Å². The molecule has 0 fully saturated rings. The Kier molecular flexibility index (Phi) is 5.04. The first-order chi connectivity index (χ1) is 10.5. The smallest absolute Gasteiger partial charge is 0.167 e. The first kappa shape index (κ1) is 15.9. The Morgan fingerprint density at radius 3 is 2.36 bits per heavy atom. The molecule has 0 aliphatic carbocycles. The van der Waals surface area contributed by atoms with Crippen molar-refractivity contribution in [2.45, 2.75) is 20.5 Å².